The van der Waals surface area contributed by atoms with E-state index in [9.17, 15) is 0 Å². The number of aromatic nitrogens is 2. The van der Waals surface area contributed by atoms with E-state index in [2.05, 4.69) is 45.1 Å². The molecule has 0 amide bonds. The number of anilines is 1. The Morgan fingerprint density at radius 1 is 1.16 bits per heavy atom. The Bertz CT molecular complexity index is 400. The van der Waals surface area contributed by atoms with Crippen LogP contribution in [-0.4, -0.2) is 16.5 Å². The summed E-state index contributed by atoms with van der Waals surface area (Å²) in [5, 5.41) is 3.48. The van der Waals surface area contributed by atoms with Crippen LogP contribution in [0.5, 0.6) is 0 Å². The second kappa shape index (κ2) is 7.22. The molecule has 0 unspecified atom stereocenters. The van der Waals surface area contributed by atoms with Gasteiger partial charge in [-0.25, -0.2) is 9.97 Å². The molecule has 1 aliphatic carbocycles. The molecule has 3 nitrogen and oxygen atoms in total. The Morgan fingerprint density at radius 2 is 1.84 bits per heavy atom. The highest BCUT2D eigenvalue weighted by molar-refractivity contribution is 9.10. The zero-order valence-corrected chi connectivity index (χ0v) is 13.5. The van der Waals surface area contributed by atoms with Gasteiger partial charge in [0.05, 0.1) is 0 Å². The van der Waals surface area contributed by atoms with E-state index in [1.165, 1.54) is 32.1 Å². The molecule has 2 rings (SSSR count). The van der Waals surface area contributed by atoms with Gasteiger partial charge in [0.15, 0.2) is 0 Å². The van der Waals surface area contributed by atoms with Gasteiger partial charge in [-0.15, -0.1) is 0 Å². The van der Waals surface area contributed by atoms with Crippen LogP contribution in [-0.2, 0) is 6.42 Å². The van der Waals surface area contributed by atoms with Crippen LogP contribution >= 0.6 is 15.9 Å². The summed E-state index contributed by atoms with van der Waals surface area (Å²) in [7, 11) is 0. The first-order valence-electron chi connectivity index (χ1n) is 7.48. The molecule has 1 N–H and O–H groups in total. The molecule has 0 aliphatic heterocycles. The maximum Gasteiger partial charge on any atom is 0.131 e. The molecule has 0 radical (unpaired) electrons. The second-order valence-electron chi connectivity index (χ2n) is 5.52. The fourth-order valence-corrected chi connectivity index (χ4v) is 3.23. The molecule has 0 atom stereocenters. The summed E-state index contributed by atoms with van der Waals surface area (Å²) in [6, 6.07) is 1.97. The van der Waals surface area contributed by atoms with E-state index >= 15 is 0 Å². The molecule has 0 bridgehead atoms. The van der Waals surface area contributed by atoms with Crippen molar-refractivity contribution in [3.63, 3.8) is 0 Å². The topological polar surface area (TPSA) is 37.8 Å². The number of aryl methyl sites for hydroxylation is 1. The van der Waals surface area contributed by atoms with E-state index in [1.807, 2.05) is 6.07 Å². The van der Waals surface area contributed by atoms with Gasteiger partial charge in [-0.3, -0.25) is 0 Å². The molecule has 1 saturated carbocycles. The number of nitrogens with zero attached hydrogens (tertiary/aromatic N) is 2. The first-order chi connectivity index (χ1) is 9.21. The Kier molecular flexibility index (Phi) is 5.61. The van der Waals surface area contributed by atoms with Gasteiger partial charge >= 0.3 is 0 Å². The standard InChI is InChI=1S/C15H24BrN3/c1-3-11-5-7-12(8-6-11)10-17-15-9-13(16)18-14(4-2)19-15/h9,11-12H,3-8,10H2,1-2H3,(H,17,18,19). The van der Waals surface area contributed by atoms with Crippen molar-refractivity contribution in [2.45, 2.75) is 52.4 Å². The highest BCUT2D eigenvalue weighted by Crippen LogP contribution is 2.30. The number of rotatable bonds is 5. The van der Waals surface area contributed by atoms with Crippen molar-refractivity contribution in [1.82, 2.24) is 9.97 Å². The quantitative estimate of drug-likeness (QED) is 0.814. The Hall–Kier alpha value is -0.640. The number of hydrogen-bond donors (Lipinski definition) is 1. The average molecular weight is 326 g/mol. The highest BCUT2D eigenvalue weighted by Gasteiger charge is 2.19. The minimum atomic E-state index is 0.807. The van der Waals surface area contributed by atoms with E-state index in [0.29, 0.717) is 0 Å². The molecular weight excluding hydrogens is 302 g/mol. The van der Waals surface area contributed by atoms with E-state index in [0.717, 1.165) is 41.0 Å². The van der Waals surface area contributed by atoms with E-state index < -0.39 is 0 Å². The molecule has 1 aromatic heterocycles. The lowest BCUT2D eigenvalue weighted by Crippen LogP contribution is -2.21. The minimum absolute atomic E-state index is 0.807. The molecule has 1 aromatic rings. The summed E-state index contributed by atoms with van der Waals surface area (Å²) in [6.07, 6.45) is 7.73. The molecule has 0 aromatic carbocycles. The number of nitrogens with one attached hydrogen (secondary N) is 1. The zero-order chi connectivity index (χ0) is 13.7. The summed E-state index contributed by atoms with van der Waals surface area (Å²) < 4.78 is 0.872. The van der Waals surface area contributed by atoms with Crippen molar-refractivity contribution in [2.24, 2.45) is 11.8 Å². The van der Waals surface area contributed by atoms with Crippen LogP contribution in [0.2, 0.25) is 0 Å². The SMILES string of the molecule is CCc1nc(Br)cc(NCC2CCC(CC)CC2)n1. The summed E-state index contributed by atoms with van der Waals surface area (Å²) in [4.78, 5) is 8.85. The van der Waals surface area contributed by atoms with E-state index in [1.54, 1.807) is 0 Å². The van der Waals surface area contributed by atoms with Crippen molar-refractivity contribution >= 4 is 21.7 Å². The predicted molar refractivity (Wildman–Crippen MR) is 83.3 cm³/mol. The van der Waals surface area contributed by atoms with Crippen molar-refractivity contribution in [3.8, 4) is 0 Å². The van der Waals surface area contributed by atoms with Gasteiger partial charge in [0.25, 0.3) is 0 Å². The third-order valence-electron chi connectivity index (χ3n) is 4.17. The normalized spacial score (nSPS) is 23.3. The molecule has 0 spiro atoms. The minimum Gasteiger partial charge on any atom is -0.370 e. The highest BCUT2D eigenvalue weighted by atomic mass is 79.9. The molecular formula is C15H24BrN3. The van der Waals surface area contributed by atoms with Gasteiger partial charge in [-0.05, 0) is 40.6 Å². The van der Waals surface area contributed by atoms with Gasteiger partial charge in [-0.2, -0.15) is 0 Å². The third-order valence-corrected chi connectivity index (χ3v) is 4.58. The van der Waals surface area contributed by atoms with Crippen LogP contribution in [0.25, 0.3) is 0 Å². The van der Waals surface area contributed by atoms with Crippen molar-refractivity contribution in [1.29, 1.82) is 0 Å². The first-order valence-corrected chi connectivity index (χ1v) is 8.27. The van der Waals surface area contributed by atoms with Crippen LogP contribution in [0.4, 0.5) is 5.82 Å². The van der Waals surface area contributed by atoms with Crippen LogP contribution in [0.1, 0.15) is 51.8 Å². The Labute approximate surface area is 124 Å². The maximum atomic E-state index is 4.52. The maximum absolute atomic E-state index is 4.52. The fraction of sp³-hybridized carbons (Fsp3) is 0.733. The van der Waals surface area contributed by atoms with Crippen LogP contribution in [0, 0.1) is 11.8 Å². The smallest absolute Gasteiger partial charge is 0.131 e. The van der Waals surface area contributed by atoms with Gasteiger partial charge < -0.3 is 5.32 Å². The Balaban J connectivity index is 1.84. The van der Waals surface area contributed by atoms with Gasteiger partial charge in [0.1, 0.15) is 16.2 Å². The van der Waals surface area contributed by atoms with Gasteiger partial charge in [-0.1, -0.05) is 33.1 Å². The lowest BCUT2D eigenvalue weighted by molar-refractivity contribution is 0.278. The van der Waals surface area contributed by atoms with E-state index in [-0.39, 0.29) is 0 Å². The summed E-state index contributed by atoms with van der Waals surface area (Å²) in [6.45, 7) is 5.44. The number of hydrogen-bond acceptors (Lipinski definition) is 3. The first kappa shape index (κ1) is 14.8. The van der Waals surface area contributed by atoms with Gasteiger partial charge in [0, 0.05) is 19.0 Å². The van der Waals surface area contributed by atoms with Crippen LogP contribution < -0.4 is 5.32 Å². The monoisotopic (exact) mass is 325 g/mol. The fourth-order valence-electron chi connectivity index (χ4n) is 2.81. The van der Waals surface area contributed by atoms with Crippen molar-refractivity contribution in [2.75, 3.05) is 11.9 Å². The van der Waals surface area contributed by atoms with E-state index in [4.69, 9.17) is 0 Å². The summed E-state index contributed by atoms with van der Waals surface area (Å²) in [5.41, 5.74) is 0. The molecule has 4 heteroatoms. The van der Waals surface area contributed by atoms with Crippen molar-refractivity contribution < 1.29 is 0 Å². The molecule has 106 valence electrons. The lowest BCUT2D eigenvalue weighted by atomic mass is 9.81. The zero-order valence-electron chi connectivity index (χ0n) is 12.0. The molecule has 0 saturated heterocycles. The second-order valence-corrected chi connectivity index (χ2v) is 6.33. The molecule has 1 aliphatic rings. The van der Waals surface area contributed by atoms with Crippen LogP contribution in [0.3, 0.4) is 0 Å². The largest absolute Gasteiger partial charge is 0.370 e. The molecule has 1 fully saturated rings. The van der Waals surface area contributed by atoms with Crippen molar-refractivity contribution in [3.05, 3.63) is 16.5 Å². The molecule has 1 heterocycles. The molecule has 19 heavy (non-hydrogen) atoms. The Morgan fingerprint density at radius 3 is 2.47 bits per heavy atom. The van der Waals surface area contributed by atoms with Gasteiger partial charge in [0.2, 0.25) is 0 Å². The summed E-state index contributed by atoms with van der Waals surface area (Å²) >= 11 is 3.45. The number of halogens is 1. The lowest BCUT2D eigenvalue weighted by Gasteiger charge is -2.28. The van der Waals surface area contributed by atoms with Crippen LogP contribution in [0.15, 0.2) is 10.7 Å². The predicted octanol–water partition coefficient (Wildman–Crippen LogP) is 4.43. The summed E-state index contributed by atoms with van der Waals surface area (Å²) in [5.74, 6) is 3.63. The average Bonchev–Trinajstić information content (AvgIpc) is 2.45. The third kappa shape index (κ3) is 4.44.